The molecule has 0 aromatic heterocycles. The molecular weight excluding hydrogens is 248 g/mol. The number of hydrogen-bond donors (Lipinski definition) is 1. The second-order valence-electron chi connectivity index (χ2n) is 6.45. The maximum absolute atomic E-state index is 5.53. The quantitative estimate of drug-likeness (QED) is 0.915. The molecule has 2 bridgehead atoms. The van der Waals surface area contributed by atoms with Crippen molar-refractivity contribution in [2.75, 3.05) is 19.5 Å². The van der Waals surface area contributed by atoms with Crippen LogP contribution in [0.15, 0.2) is 12.1 Å². The van der Waals surface area contributed by atoms with Crippen LogP contribution in [0, 0.1) is 13.8 Å². The van der Waals surface area contributed by atoms with Crippen LogP contribution in [0.1, 0.15) is 36.8 Å². The third kappa shape index (κ3) is 2.28. The maximum Gasteiger partial charge on any atom is 0.126 e. The highest BCUT2D eigenvalue weighted by Gasteiger charge is 2.38. The molecule has 2 aliphatic heterocycles. The summed E-state index contributed by atoms with van der Waals surface area (Å²) in [6.45, 7) is 4.25. The summed E-state index contributed by atoms with van der Waals surface area (Å²) in [6, 6.07) is 6.51. The van der Waals surface area contributed by atoms with Crippen LogP contribution in [-0.2, 0) is 0 Å². The second-order valence-corrected chi connectivity index (χ2v) is 6.45. The van der Waals surface area contributed by atoms with Gasteiger partial charge in [-0.3, -0.25) is 0 Å². The van der Waals surface area contributed by atoms with Gasteiger partial charge in [-0.2, -0.15) is 0 Å². The van der Waals surface area contributed by atoms with Crippen molar-refractivity contribution in [1.82, 2.24) is 4.90 Å². The summed E-state index contributed by atoms with van der Waals surface area (Å²) in [6.07, 6.45) is 5.27. The first-order valence-corrected chi connectivity index (χ1v) is 7.72. The predicted octanol–water partition coefficient (Wildman–Crippen LogP) is 3.35. The van der Waals surface area contributed by atoms with Crippen molar-refractivity contribution in [3.05, 3.63) is 23.3 Å². The zero-order chi connectivity index (χ0) is 14.3. The Kier molecular flexibility index (Phi) is 3.63. The molecule has 110 valence electrons. The molecule has 1 aromatic rings. The molecule has 3 heteroatoms. The molecule has 0 spiro atoms. The SMILES string of the molecule is COc1c(C)ccc(NC2CC3CCC(C2)N3C)c1C. The average molecular weight is 274 g/mol. The zero-order valence-electron chi connectivity index (χ0n) is 13.1. The Morgan fingerprint density at radius 3 is 2.40 bits per heavy atom. The lowest BCUT2D eigenvalue weighted by Crippen LogP contribution is -2.44. The van der Waals surface area contributed by atoms with Gasteiger partial charge in [0.05, 0.1) is 7.11 Å². The molecule has 0 saturated carbocycles. The largest absolute Gasteiger partial charge is 0.496 e. The van der Waals surface area contributed by atoms with Crippen molar-refractivity contribution >= 4 is 5.69 Å². The minimum absolute atomic E-state index is 0.606. The minimum Gasteiger partial charge on any atom is -0.496 e. The van der Waals surface area contributed by atoms with Crippen molar-refractivity contribution in [3.63, 3.8) is 0 Å². The summed E-state index contributed by atoms with van der Waals surface area (Å²) in [5.41, 5.74) is 3.68. The lowest BCUT2D eigenvalue weighted by molar-refractivity contribution is 0.169. The lowest BCUT2D eigenvalue weighted by Gasteiger charge is -2.37. The van der Waals surface area contributed by atoms with Gasteiger partial charge in [0, 0.05) is 29.4 Å². The van der Waals surface area contributed by atoms with Crippen LogP contribution in [0.3, 0.4) is 0 Å². The number of ether oxygens (including phenoxy) is 1. The standard InChI is InChI=1S/C17H26N2O/c1-11-5-8-16(12(2)17(11)20-4)18-13-9-14-6-7-15(10-13)19(14)3/h5,8,13-15,18H,6-7,9-10H2,1-4H3. The lowest BCUT2D eigenvalue weighted by atomic mass is 9.97. The smallest absolute Gasteiger partial charge is 0.126 e. The van der Waals surface area contributed by atoms with E-state index < -0.39 is 0 Å². The summed E-state index contributed by atoms with van der Waals surface area (Å²) in [4.78, 5) is 2.58. The first-order chi connectivity index (χ1) is 9.60. The fourth-order valence-electron chi connectivity index (χ4n) is 4.05. The Balaban J connectivity index is 1.76. The molecule has 0 amide bonds. The van der Waals surface area contributed by atoms with Gasteiger partial charge in [0.25, 0.3) is 0 Å². The number of nitrogens with zero attached hydrogens (tertiary/aromatic N) is 1. The highest BCUT2D eigenvalue weighted by atomic mass is 16.5. The van der Waals surface area contributed by atoms with Crippen LogP contribution in [-0.4, -0.2) is 37.2 Å². The molecule has 2 saturated heterocycles. The number of aryl methyl sites for hydroxylation is 1. The van der Waals surface area contributed by atoms with E-state index in [-0.39, 0.29) is 0 Å². The molecule has 3 rings (SSSR count). The molecule has 0 radical (unpaired) electrons. The van der Waals surface area contributed by atoms with E-state index in [2.05, 4.69) is 43.2 Å². The van der Waals surface area contributed by atoms with Crippen molar-refractivity contribution in [1.29, 1.82) is 0 Å². The molecule has 2 aliphatic rings. The maximum atomic E-state index is 5.53. The Bertz CT molecular complexity index is 486. The molecule has 1 N–H and O–H groups in total. The monoisotopic (exact) mass is 274 g/mol. The fraction of sp³-hybridized carbons (Fsp3) is 0.647. The Morgan fingerprint density at radius 1 is 1.15 bits per heavy atom. The molecule has 0 aliphatic carbocycles. The zero-order valence-corrected chi connectivity index (χ0v) is 13.1. The van der Waals surface area contributed by atoms with Gasteiger partial charge in [-0.05, 0) is 58.2 Å². The number of piperidine rings is 1. The van der Waals surface area contributed by atoms with Gasteiger partial charge in [0.15, 0.2) is 0 Å². The third-order valence-corrected chi connectivity index (χ3v) is 5.26. The molecular formula is C17H26N2O. The van der Waals surface area contributed by atoms with Crippen molar-refractivity contribution in [2.24, 2.45) is 0 Å². The van der Waals surface area contributed by atoms with E-state index in [1.54, 1.807) is 7.11 Å². The molecule has 1 aromatic carbocycles. The van der Waals surface area contributed by atoms with Crippen molar-refractivity contribution < 1.29 is 4.74 Å². The average Bonchev–Trinajstić information content (AvgIpc) is 2.65. The number of methoxy groups -OCH3 is 1. The normalized spacial score (nSPS) is 29.5. The van der Waals surface area contributed by atoms with E-state index in [0.717, 1.165) is 17.8 Å². The number of nitrogens with one attached hydrogen (secondary N) is 1. The van der Waals surface area contributed by atoms with E-state index in [9.17, 15) is 0 Å². The highest BCUT2D eigenvalue weighted by molar-refractivity contribution is 5.60. The molecule has 20 heavy (non-hydrogen) atoms. The molecule has 2 heterocycles. The first kappa shape index (κ1) is 13.7. The van der Waals surface area contributed by atoms with Crippen LogP contribution in [0.2, 0.25) is 0 Å². The second kappa shape index (κ2) is 5.28. The summed E-state index contributed by atoms with van der Waals surface area (Å²) < 4.78 is 5.53. The van der Waals surface area contributed by atoms with Gasteiger partial charge in [-0.25, -0.2) is 0 Å². The number of rotatable bonds is 3. The first-order valence-electron chi connectivity index (χ1n) is 7.72. The van der Waals surface area contributed by atoms with Crippen LogP contribution >= 0.6 is 0 Å². The van der Waals surface area contributed by atoms with E-state index in [1.807, 2.05) is 0 Å². The predicted molar refractivity (Wildman–Crippen MR) is 83.7 cm³/mol. The summed E-state index contributed by atoms with van der Waals surface area (Å²) in [7, 11) is 4.05. The van der Waals surface area contributed by atoms with Crippen molar-refractivity contribution in [3.8, 4) is 5.75 Å². The summed E-state index contributed by atoms with van der Waals surface area (Å²) in [5.74, 6) is 1.02. The Hall–Kier alpha value is -1.22. The number of hydrogen-bond acceptors (Lipinski definition) is 3. The summed E-state index contributed by atoms with van der Waals surface area (Å²) in [5, 5.41) is 3.77. The molecule has 2 fully saturated rings. The molecule has 2 atom stereocenters. The van der Waals surface area contributed by atoms with Crippen LogP contribution in [0.5, 0.6) is 5.75 Å². The fourth-order valence-corrected chi connectivity index (χ4v) is 4.05. The Labute approximate surface area is 122 Å². The van der Waals surface area contributed by atoms with Crippen LogP contribution in [0.25, 0.3) is 0 Å². The molecule has 3 nitrogen and oxygen atoms in total. The highest BCUT2D eigenvalue weighted by Crippen LogP contribution is 2.37. The van der Waals surface area contributed by atoms with Crippen LogP contribution in [0.4, 0.5) is 5.69 Å². The summed E-state index contributed by atoms with van der Waals surface area (Å²) >= 11 is 0. The van der Waals surface area contributed by atoms with Gasteiger partial charge >= 0.3 is 0 Å². The van der Waals surface area contributed by atoms with Crippen LogP contribution < -0.4 is 10.1 Å². The van der Waals surface area contributed by atoms with Gasteiger partial charge in [0.1, 0.15) is 5.75 Å². The van der Waals surface area contributed by atoms with Crippen molar-refractivity contribution in [2.45, 2.75) is 57.7 Å². The number of fused-ring (bicyclic) bond motifs is 2. The van der Waals surface area contributed by atoms with E-state index in [4.69, 9.17) is 4.74 Å². The molecule has 2 unspecified atom stereocenters. The topological polar surface area (TPSA) is 24.5 Å². The van der Waals surface area contributed by atoms with E-state index >= 15 is 0 Å². The van der Waals surface area contributed by atoms with E-state index in [1.165, 1.54) is 42.5 Å². The minimum atomic E-state index is 0.606. The van der Waals surface area contributed by atoms with Gasteiger partial charge < -0.3 is 15.0 Å². The van der Waals surface area contributed by atoms with Gasteiger partial charge in [0.2, 0.25) is 0 Å². The van der Waals surface area contributed by atoms with Gasteiger partial charge in [-0.15, -0.1) is 0 Å². The number of benzene rings is 1. The third-order valence-electron chi connectivity index (χ3n) is 5.26. The number of anilines is 1. The van der Waals surface area contributed by atoms with E-state index in [0.29, 0.717) is 6.04 Å². The van der Waals surface area contributed by atoms with Gasteiger partial charge in [-0.1, -0.05) is 6.07 Å². The Morgan fingerprint density at radius 2 is 1.80 bits per heavy atom.